The number of rotatable bonds is 4. The zero-order chi connectivity index (χ0) is 12.1. The maximum atomic E-state index is 11.8. The van der Waals surface area contributed by atoms with Crippen molar-refractivity contribution in [2.24, 2.45) is 11.7 Å². The second-order valence-electron chi connectivity index (χ2n) is 4.60. The zero-order valence-electron chi connectivity index (χ0n) is 9.93. The average Bonchev–Trinajstić information content (AvgIpc) is 2.77. The van der Waals surface area contributed by atoms with Crippen LogP contribution in [0.3, 0.4) is 0 Å². The van der Waals surface area contributed by atoms with Gasteiger partial charge in [0.25, 0.3) is 0 Å². The highest BCUT2D eigenvalue weighted by Crippen LogP contribution is 2.23. The maximum Gasteiger partial charge on any atom is 0.224 e. The van der Waals surface area contributed by atoms with Crippen LogP contribution >= 0.6 is 0 Å². The van der Waals surface area contributed by atoms with Gasteiger partial charge in [0.1, 0.15) is 0 Å². The minimum absolute atomic E-state index is 0.0208. The molecule has 0 saturated heterocycles. The second kappa shape index (κ2) is 5.77. The van der Waals surface area contributed by atoms with Crippen LogP contribution < -0.4 is 11.1 Å². The lowest BCUT2D eigenvalue weighted by Crippen LogP contribution is -2.39. The van der Waals surface area contributed by atoms with Crippen molar-refractivity contribution in [1.29, 1.82) is 0 Å². The number of nitrogens with one attached hydrogen (secondary N) is 1. The van der Waals surface area contributed by atoms with E-state index < -0.39 is 0 Å². The summed E-state index contributed by atoms with van der Waals surface area (Å²) in [5, 5.41) is 2.96. The number of carbonyl (C=O) groups excluding carboxylic acids is 1. The lowest BCUT2D eigenvalue weighted by Gasteiger charge is -2.14. The van der Waals surface area contributed by atoms with Crippen molar-refractivity contribution >= 4 is 5.91 Å². The molecule has 0 aromatic carbocycles. The molecule has 0 bridgehead atoms. The molecule has 4 heteroatoms. The molecule has 1 amide bonds. The monoisotopic (exact) mass is 233 g/mol. The number of pyridine rings is 1. The van der Waals surface area contributed by atoms with Crippen molar-refractivity contribution in [3.8, 4) is 0 Å². The summed E-state index contributed by atoms with van der Waals surface area (Å²) in [5.74, 6) is 0.136. The number of amides is 1. The highest BCUT2D eigenvalue weighted by atomic mass is 16.1. The summed E-state index contributed by atoms with van der Waals surface area (Å²) in [4.78, 5) is 15.8. The van der Waals surface area contributed by atoms with Crippen LogP contribution in [0.2, 0.25) is 0 Å². The fourth-order valence-corrected chi connectivity index (χ4v) is 2.32. The summed E-state index contributed by atoms with van der Waals surface area (Å²) in [6.45, 7) is 0.673. The molecule has 4 nitrogen and oxygen atoms in total. The zero-order valence-corrected chi connectivity index (χ0v) is 9.93. The van der Waals surface area contributed by atoms with E-state index in [-0.39, 0.29) is 17.9 Å². The molecule has 17 heavy (non-hydrogen) atoms. The molecule has 0 spiro atoms. The Balaban J connectivity index is 1.73. The summed E-state index contributed by atoms with van der Waals surface area (Å²) >= 11 is 0. The first kappa shape index (κ1) is 12.0. The first-order valence-corrected chi connectivity index (χ1v) is 6.19. The molecule has 1 fully saturated rings. The predicted molar refractivity (Wildman–Crippen MR) is 66.3 cm³/mol. The van der Waals surface area contributed by atoms with E-state index in [1.54, 1.807) is 12.4 Å². The van der Waals surface area contributed by atoms with E-state index in [1.165, 1.54) is 5.56 Å². The van der Waals surface area contributed by atoms with Gasteiger partial charge in [0.05, 0.1) is 5.92 Å². The molecule has 1 saturated carbocycles. The summed E-state index contributed by atoms with van der Waals surface area (Å²) in [7, 11) is 0. The van der Waals surface area contributed by atoms with E-state index in [4.69, 9.17) is 5.73 Å². The van der Waals surface area contributed by atoms with E-state index in [0.29, 0.717) is 6.54 Å². The van der Waals surface area contributed by atoms with Crippen LogP contribution in [0.4, 0.5) is 0 Å². The highest BCUT2D eigenvalue weighted by Gasteiger charge is 2.29. The molecule has 1 heterocycles. The molecule has 92 valence electrons. The first-order valence-electron chi connectivity index (χ1n) is 6.19. The third-order valence-corrected chi connectivity index (χ3v) is 3.37. The van der Waals surface area contributed by atoms with Crippen molar-refractivity contribution < 1.29 is 4.79 Å². The number of carbonyl (C=O) groups is 1. The molecule has 2 unspecified atom stereocenters. The van der Waals surface area contributed by atoms with Crippen molar-refractivity contribution in [3.05, 3.63) is 30.1 Å². The maximum absolute atomic E-state index is 11.8. The third kappa shape index (κ3) is 3.27. The van der Waals surface area contributed by atoms with Gasteiger partial charge in [-0.3, -0.25) is 9.78 Å². The number of hydrogen-bond donors (Lipinski definition) is 2. The number of hydrogen-bond acceptors (Lipinski definition) is 3. The Morgan fingerprint density at radius 2 is 2.18 bits per heavy atom. The largest absolute Gasteiger partial charge is 0.355 e. The minimum atomic E-state index is 0.0208. The molecular weight excluding hydrogens is 214 g/mol. The number of aromatic nitrogens is 1. The number of nitrogens with zero attached hydrogens (tertiary/aromatic N) is 1. The second-order valence-corrected chi connectivity index (χ2v) is 4.60. The van der Waals surface area contributed by atoms with Gasteiger partial charge in [-0.05, 0) is 37.0 Å². The normalized spacial score (nSPS) is 23.6. The molecular formula is C13H19N3O. The van der Waals surface area contributed by atoms with Crippen molar-refractivity contribution in [3.63, 3.8) is 0 Å². The van der Waals surface area contributed by atoms with Crippen molar-refractivity contribution in [1.82, 2.24) is 10.3 Å². The molecule has 3 N–H and O–H groups in total. The Morgan fingerprint density at radius 1 is 1.41 bits per heavy atom. The van der Waals surface area contributed by atoms with Gasteiger partial charge in [-0.2, -0.15) is 0 Å². The first-order chi connectivity index (χ1) is 8.27. The van der Waals surface area contributed by atoms with Gasteiger partial charge in [-0.25, -0.2) is 0 Å². The Hall–Kier alpha value is -1.42. The predicted octanol–water partition coefficient (Wildman–Crippen LogP) is 0.868. The highest BCUT2D eigenvalue weighted by molar-refractivity contribution is 5.79. The summed E-state index contributed by atoms with van der Waals surface area (Å²) in [5.41, 5.74) is 7.08. The van der Waals surface area contributed by atoms with E-state index in [1.807, 2.05) is 12.1 Å². The molecule has 1 aromatic heterocycles. The van der Waals surface area contributed by atoms with E-state index in [9.17, 15) is 4.79 Å². The lowest BCUT2D eigenvalue weighted by atomic mass is 10.0. The third-order valence-electron chi connectivity index (χ3n) is 3.37. The van der Waals surface area contributed by atoms with Gasteiger partial charge in [0, 0.05) is 25.0 Å². The summed E-state index contributed by atoms with van der Waals surface area (Å²) in [6.07, 6.45) is 7.36. The SMILES string of the molecule is NC1CCCC1C(=O)NCCc1ccncc1. The molecule has 0 radical (unpaired) electrons. The van der Waals surface area contributed by atoms with Gasteiger partial charge in [0.15, 0.2) is 0 Å². The van der Waals surface area contributed by atoms with Gasteiger partial charge in [0.2, 0.25) is 5.91 Å². The average molecular weight is 233 g/mol. The standard InChI is InChI=1S/C13H19N3O/c14-12-3-1-2-11(12)13(17)16-9-6-10-4-7-15-8-5-10/h4-5,7-8,11-12H,1-3,6,9,14H2,(H,16,17). The van der Waals surface area contributed by atoms with Crippen LogP contribution in [-0.2, 0) is 11.2 Å². The Labute approximate surface area is 102 Å². The molecule has 1 aliphatic carbocycles. The minimum Gasteiger partial charge on any atom is -0.355 e. The van der Waals surface area contributed by atoms with Crippen molar-refractivity contribution in [2.45, 2.75) is 31.7 Å². The fourth-order valence-electron chi connectivity index (χ4n) is 2.32. The Morgan fingerprint density at radius 3 is 2.82 bits per heavy atom. The molecule has 1 aliphatic rings. The van der Waals surface area contributed by atoms with Crippen LogP contribution in [0.5, 0.6) is 0 Å². The van der Waals surface area contributed by atoms with Crippen molar-refractivity contribution in [2.75, 3.05) is 6.54 Å². The van der Waals surface area contributed by atoms with E-state index in [0.717, 1.165) is 25.7 Å². The van der Waals surface area contributed by atoms with E-state index in [2.05, 4.69) is 10.3 Å². The van der Waals surface area contributed by atoms with Crippen LogP contribution in [0.1, 0.15) is 24.8 Å². The van der Waals surface area contributed by atoms with E-state index >= 15 is 0 Å². The Bertz CT molecular complexity index is 366. The number of nitrogens with two attached hydrogens (primary N) is 1. The van der Waals surface area contributed by atoms with Crippen LogP contribution in [0, 0.1) is 5.92 Å². The van der Waals surface area contributed by atoms with Gasteiger partial charge >= 0.3 is 0 Å². The van der Waals surface area contributed by atoms with Gasteiger partial charge in [-0.15, -0.1) is 0 Å². The smallest absolute Gasteiger partial charge is 0.224 e. The molecule has 0 aliphatic heterocycles. The van der Waals surface area contributed by atoms with Gasteiger partial charge < -0.3 is 11.1 Å². The summed E-state index contributed by atoms with van der Waals surface area (Å²) in [6, 6.07) is 3.98. The van der Waals surface area contributed by atoms with Gasteiger partial charge in [-0.1, -0.05) is 6.42 Å². The van der Waals surface area contributed by atoms with Crippen LogP contribution in [0.25, 0.3) is 0 Å². The molecule has 2 rings (SSSR count). The van der Waals surface area contributed by atoms with Crippen LogP contribution in [0.15, 0.2) is 24.5 Å². The summed E-state index contributed by atoms with van der Waals surface area (Å²) < 4.78 is 0. The quantitative estimate of drug-likeness (QED) is 0.810. The Kier molecular flexibility index (Phi) is 4.09. The molecule has 2 atom stereocenters. The fraction of sp³-hybridized carbons (Fsp3) is 0.538. The molecule has 1 aromatic rings. The lowest BCUT2D eigenvalue weighted by molar-refractivity contribution is -0.125. The van der Waals surface area contributed by atoms with Crippen LogP contribution in [-0.4, -0.2) is 23.5 Å². The topological polar surface area (TPSA) is 68.0 Å².